The summed E-state index contributed by atoms with van der Waals surface area (Å²) in [5.74, 6) is -0.753. The molecule has 1 aromatic carbocycles. The van der Waals surface area contributed by atoms with Gasteiger partial charge in [-0.2, -0.15) is 0 Å². The van der Waals surface area contributed by atoms with Gasteiger partial charge in [0.1, 0.15) is 17.5 Å². The first-order valence-electron chi connectivity index (χ1n) is 6.69. The maximum absolute atomic E-state index is 12.2. The van der Waals surface area contributed by atoms with Crippen LogP contribution in [0.5, 0.6) is 11.5 Å². The second kappa shape index (κ2) is 7.52. The van der Waals surface area contributed by atoms with E-state index in [1.807, 2.05) is 6.92 Å². The van der Waals surface area contributed by atoms with Crippen molar-refractivity contribution in [2.24, 2.45) is 5.92 Å². The van der Waals surface area contributed by atoms with E-state index < -0.39 is 17.9 Å². The topological polar surface area (TPSA) is 84.9 Å². The summed E-state index contributed by atoms with van der Waals surface area (Å²) in [6.45, 7) is 3.66. The molecule has 0 spiro atoms. The van der Waals surface area contributed by atoms with Crippen molar-refractivity contribution in [1.29, 1.82) is 0 Å². The first kappa shape index (κ1) is 16.8. The number of benzene rings is 1. The number of ether oxygens (including phenoxy) is 2. The van der Waals surface area contributed by atoms with Gasteiger partial charge in [0.15, 0.2) is 0 Å². The summed E-state index contributed by atoms with van der Waals surface area (Å²) < 4.78 is 10.2. The molecule has 0 aliphatic rings. The van der Waals surface area contributed by atoms with Crippen LogP contribution in [0.1, 0.15) is 30.6 Å². The Morgan fingerprint density at radius 3 is 2.10 bits per heavy atom. The molecule has 0 saturated heterocycles. The lowest BCUT2D eigenvalue weighted by Crippen LogP contribution is -2.45. The lowest BCUT2D eigenvalue weighted by molar-refractivity contribution is -0.140. The Morgan fingerprint density at radius 1 is 1.19 bits per heavy atom. The van der Waals surface area contributed by atoms with Gasteiger partial charge < -0.3 is 19.9 Å². The van der Waals surface area contributed by atoms with Gasteiger partial charge in [0.2, 0.25) is 0 Å². The van der Waals surface area contributed by atoms with Crippen molar-refractivity contribution in [1.82, 2.24) is 5.32 Å². The molecule has 0 aliphatic heterocycles. The average Bonchev–Trinajstić information content (AvgIpc) is 2.50. The summed E-state index contributed by atoms with van der Waals surface area (Å²) >= 11 is 0. The Bertz CT molecular complexity index is 493. The molecule has 21 heavy (non-hydrogen) atoms. The number of hydrogen-bond acceptors (Lipinski definition) is 4. The molecule has 0 heterocycles. The van der Waals surface area contributed by atoms with E-state index in [-0.39, 0.29) is 5.92 Å². The number of rotatable bonds is 7. The predicted octanol–water partition coefficient (Wildman–Crippen LogP) is 1.93. The molecule has 1 rings (SSSR count). The van der Waals surface area contributed by atoms with Crippen LogP contribution < -0.4 is 14.8 Å². The highest BCUT2D eigenvalue weighted by Crippen LogP contribution is 2.22. The third kappa shape index (κ3) is 4.37. The van der Waals surface area contributed by atoms with E-state index in [2.05, 4.69) is 5.32 Å². The summed E-state index contributed by atoms with van der Waals surface area (Å²) in [6, 6.07) is 3.78. The molecule has 2 atom stereocenters. The van der Waals surface area contributed by atoms with Crippen LogP contribution in [-0.2, 0) is 4.79 Å². The fourth-order valence-electron chi connectivity index (χ4n) is 1.85. The van der Waals surface area contributed by atoms with Gasteiger partial charge in [0.25, 0.3) is 5.91 Å². The van der Waals surface area contributed by atoms with Gasteiger partial charge in [0.05, 0.1) is 14.2 Å². The summed E-state index contributed by atoms with van der Waals surface area (Å²) in [4.78, 5) is 23.5. The minimum absolute atomic E-state index is 0.168. The Kier molecular flexibility index (Phi) is 6.02. The number of carboxylic acid groups (broad SMARTS) is 1. The Balaban J connectivity index is 2.99. The van der Waals surface area contributed by atoms with E-state index >= 15 is 0 Å². The molecule has 116 valence electrons. The minimum Gasteiger partial charge on any atom is -0.497 e. The van der Waals surface area contributed by atoms with Crippen LogP contribution in [0.2, 0.25) is 0 Å². The van der Waals surface area contributed by atoms with Crippen molar-refractivity contribution in [3.8, 4) is 11.5 Å². The lowest BCUT2D eigenvalue weighted by Gasteiger charge is -2.20. The molecule has 2 unspecified atom stereocenters. The van der Waals surface area contributed by atoms with Crippen LogP contribution in [0, 0.1) is 5.92 Å². The monoisotopic (exact) mass is 295 g/mol. The molecule has 0 saturated carbocycles. The van der Waals surface area contributed by atoms with Crippen molar-refractivity contribution >= 4 is 11.9 Å². The highest BCUT2D eigenvalue weighted by molar-refractivity contribution is 5.97. The molecule has 1 amide bonds. The first-order chi connectivity index (χ1) is 9.92. The zero-order valence-electron chi connectivity index (χ0n) is 12.7. The third-order valence-electron chi connectivity index (χ3n) is 3.38. The molecule has 0 bridgehead atoms. The Labute approximate surface area is 124 Å². The van der Waals surface area contributed by atoms with Crippen LogP contribution in [0.15, 0.2) is 18.2 Å². The fraction of sp³-hybridized carbons (Fsp3) is 0.467. The average molecular weight is 295 g/mol. The highest BCUT2D eigenvalue weighted by atomic mass is 16.5. The number of methoxy groups -OCH3 is 2. The largest absolute Gasteiger partial charge is 0.497 e. The number of carbonyl (C=O) groups is 2. The van der Waals surface area contributed by atoms with Crippen molar-refractivity contribution in [3.05, 3.63) is 23.8 Å². The quantitative estimate of drug-likeness (QED) is 0.803. The highest BCUT2D eigenvalue weighted by Gasteiger charge is 2.26. The molecule has 6 nitrogen and oxygen atoms in total. The number of carboxylic acids is 1. The third-order valence-corrected chi connectivity index (χ3v) is 3.38. The zero-order valence-corrected chi connectivity index (χ0v) is 12.7. The van der Waals surface area contributed by atoms with E-state index in [1.165, 1.54) is 26.4 Å². The second-order valence-corrected chi connectivity index (χ2v) is 4.78. The zero-order chi connectivity index (χ0) is 16.0. The number of amides is 1. The van der Waals surface area contributed by atoms with Crippen LogP contribution >= 0.6 is 0 Å². The van der Waals surface area contributed by atoms with E-state index in [0.717, 1.165) is 0 Å². The van der Waals surface area contributed by atoms with Gasteiger partial charge in [-0.05, 0) is 18.1 Å². The Morgan fingerprint density at radius 2 is 1.71 bits per heavy atom. The fourth-order valence-corrected chi connectivity index (χ4v) is 1.85. The number of nitrogens with one attached hydrogen (secondary N) is 1. The number of hydrogen-bond donors (Lipinski definition) is 2. The van der Waals surface area contributed by atoms with Gasteiger partial charge in [-0.3, -0.25) is 4.79 Å². The van der Waals surface area contributed by atoms with Crippen LogP contribution in [0.25, 0.3) is 0 Å². The maximum atomic E-state index is 12.2. The molecule has 2 N–H and O–H groups in total. The van der Waals surface area contributed by atoms with Crippen molar-refractivity contribution in [3.63, 3.8) is 0 Å². The predicted molar refractivity (Wildman–Crippen MR) is 77.9 cm³/mol. The van der Waals surface area contributed by atoms with Crippen LogP contribution in [0.4, 0.5) is 0 Å². The second-order valence-electron chi connectivity index (χ2n) is 4.78. The van der Waals surface area contributed by atoms with Gasteiger partial charge in [-0.25, -0.2) is 4.79 Å². The molecule has 0 aromatic heterocycles. The summed E-state index contributed by atoms with van der Waals surface area (Å²) in [7, 11) is 2.96. The van der Waals surface area contributed by atoms with Crippen LogP contribution in [-0.4, -0.2) is 37.2 Å². The smallest absolute Gasteiger partial charge is 0.326 e. The van der Waals surface area contributed by atoms with Crippen LogP contribution in [0.3, 0.4) is 0 Å². The molecule has 6 heteroatoms. The Hall–Kier alpha value is -2.24. The lowest BCUT2D eigenvalue weighted by atomic mass is 9.99. The molecular weight excluding hydrogens is 274 g/mol. The summed E-state index contributed by atoms with van der Waals surface area (Å²) in [5.41, 5.74) is 0.292. The molecule has 0 fully saturated rings. The van der Waals surface area contributed by atoms with Gasteiger partial charge in [-0.1, -0.05) is 20.3 Å². The van der Waals surface area contributed by atoms with E-state index in [9.17, 15) is 14.7 Å². The van der Waals surface area contributed by atoms with Gasteiger partial charge in [-0.15, -0.1) is 0 Å². The first-order valence-corrected chi connectivity index (χ1v) is 6.69. The maximum Gasteiger partial charge on any atom is 0.326 e. The number of aliphatic carboxylic acids is 1. The number of carbonyl (C=O) groups excluding carboxylic acids is 1. The van der Waals surface area contributed by atoms with Crippen molar-refractivity contribution in [2.75, 3.05) is 14.2 Å². The van der Waals surface area contributed by atoms with Gasteiger partial charge in [0, 0.05) is 11.6 Å². The molecule has 0 aliphatic carbocycles. The van der Waals surface area contributed by atoms with E-state index in [4.69, 9.17) is 9.47 Å². The van der Waals surface area contributed by atoms with E-state index in [0.29, 0.717) is 23.5 Å². The standard InChI is InChI=1S/C15H21NO5/c1-5-9(2)13(15(18)19)16-14(17)10-6-11(20-3)8-12(7-10)21-4/h6-9,13H,5H2,1-4H3,(H,16,17)(H,18,19). The van der Waals surface area contributed by atoms with Crippen molar-refractivity contribution in [2.45, 2.75) is 26.3 Å². The van der Waals surface area contributed by atoms with Crippen molar-refractivity contribution < 1.29 is 24.2 Å². The van der Waals surface area contributed by atoms with E-state index in [1.54, 1.807) is 13.0 Å². The molecular formula is C15H21NO5. The van der Waals surface area contributed by atoms with Gasteiger partial charge >= 0.3 is 5.97 Å². The minimum atomic E-state index is -1.05. The summed E-state index contributed by atoms with van der Waals surface area (Å²) in [5, 5.41) is 11.7. The summed E-state index contributed by atoms with van der Waals surface area (Å²) in [6.07, 6.45) is 0.651. The normalized spacial score (nSPS) is 13.1. The SMILES string of the molecule is CCC(C)C(NC(=O)c1cc(OC)cc(OC)c1)C(=O)O. The molecule has 1 aromatic rings. The molecule has 0 radical (unpaired) electrons.